The minimum atomic E-state index is -0.505. The first kappa shape index (κ1) is 22.0. The predicted octanol–water partition coefficient (Wildman–Crippen LogP) is 3.85. The number of aliphatic hydroxyl groups is 1. The highest BCUT2D eigenvalue weighted by Crippen LogP contribution is 2.34. The fourth-order valence-electron chi connectivity index (χ4n) is 3.33. The van der Waals surface area contributed by atoms with Gasteiger partial charge in [-0.25, -0.2) is 9.07 Å². The van der Waals surface area contributed by atoms with Crippen LogP contribution in [0.15, 0.2) is 54.6 Å². The van der Waals surface area contributed by atoms with Crippen LogP contribution in [0.5, 0.6) is 11.6 Å². The van der Waals surface area contributed by atoms with Gasteiger partial charge < -0.3 is 14.6 Å². The van der Waals surface area contributed by atoms with Crippen LogP contribution in [-0.4, -0.2) is 52.7 Å². The third-order valence-corrected chi connectivity index (χ3v) is 4.69. The van der Waals surface area contributed by atoms with Crippen molar-refractivity contribution in [1.82, 2.24) is 14.7 Å². The molecule has 0 unspecified atom stereocenters. The van der Waals surface area contributed by atoms with E-state index in [1.54, 1.807) is 44.0 Å². The monoisotopic (exact) mass is 413 g/mol. The number of hydrogen-bond acceptors (Lipinski definition) is 5. The van der Waals surface area contributed by atoms with Crippen molar-refractivity contribution in [3.8, 4) is 22.9 Å². The molecule has 3 aromatic rings. The van der Waals surface area contributed by atoms with Gasteiger partial charge in [-0.2, -0.15) is 5.10 Å². The Hall–Kier alpha value is -2.74. The lowest BCUT2D eigenvalue weighted by molar-refractivity contribution is 0.0936. The summed E-state index contributed by atoms with van der Waals surface area (Å²) in [4.78, 5) is 2.08. The molecule has 0 fully saturated rings. The lowest BCUT2D eigenvalue weighted by Crippen LogP contribution is -2.33. The molecule has 1 atom stereocenters. The molecule has 1 aromatic heterocycles. The summed E-state index contributed by atoms with van der Waals surface area (Å²) < 4.78 is 27.1. The molecule has 2 aromatic carbocycles. The molecule has 1 N–H and O–H groups in total. The Morgan fingerprint density at radius 3 is 2.50 bits per heavy atom. The molecular weight excluding hydrogens is 385 g/mol. The average molecular weight is 413 g/mol. The van der Waals surface area contributed by atoms with Crippen molar-refractivity contribution in [3.63, 3.8) is 0 Å². The van der Waals surface area contributed by atoms with E-state index in [0.29, 0.717) is 32.1 Å². The van der Waals surface area contributed by atoms with Crippen LogP contribution in [0.3, 0.4) is 0 Å². The van der Waals surface area contributed by atoms with Crippen LogP contribution in [0.25, 0.3) is 11.3 Å². The van der Waals surface area contributed by atoms with Crippen LogP contribution in [0.2, 0.25) is 0 Å². The maximum Gasteiger partial charge on any atom is 0.222 e. The number of benzene rings is 2. The van der Waals surface area contributed by atoms with E-state index in [0.717, 1.165) is 16.8 Å². The van der Waals surface area contributed by atoms with Crippen molar-refractivity contribution in [1.29, 1.82) is 0 Å². The molecule has 3 rings (SSSR count). The predicted molar refractivity (Wildman–Crippen MR) is 114 cm³/mol. The molecule has 0 bridgehead atoms. The van der Waals surface area contributed by atoms with E-state index in [9.17, 15) is 9.50 Å². The molecule has 30 heavy (non-hydrogen) atoms. The summed E-state index contributed by atoms with van der Waals surface area (Å²) in [5.74, 6) is 0.165. The maximum absolute atomic E-state index is 14.3. The molecule has 6 nitrogen and oxygen atoms in total. The Labute approximate surface area is 176 Å². The van der Waals surface area contributed by atoms with E-state index in [4.69, 9.17) is 9.47 Å². The average Bonchev–Trinajstić information content (AvgIpc) is 3.03. The molecule has 7 heteroatoms. The van der Waals surface area contributed by atoms with Gasteiger partial charge in [0.25, 0.3) is 0 Å². The van der Waals surface area contributed by atoms with Crippen LogP contribution in [0, 0.1) is 5.82 Å². The summed E-state index contributed by atoms with van der Waals surface area (Å²) in [6.07, 6.45) is -0.505. The zero-order valence-electron chi connectivity index (χ0n) is 17.6. The second-order valence-electron chi connectivity index (χ2n) is 7.23. The lowest BCUT2D eigenvalue weighted by atomic mass is 10.1. The summed E-state index contributed by atoms with van der Waals surface area (Å²) in [6.45, 7) is 3.83. The number of aliphatic hydroxyl groups excluding tert-OH is 1. The molecule has 1 heterocycles. The number of halogens is 1. The van der Waals surface area contributed by atoms with E-state index in [1.807, 2.05) is 30.3 Å². The number of ether oxygens (including phenoxy) is 2. The van der Waals surface area contributed by atoms with E-state index in [-0.39, 0.29) is 5.75 Å². The van der Waals surface area contributed by atoms with Crippen LogP contribution < -0.4 is 4.74 Å². The van der Waals surface area contributed by atoms with Gasteiger partial charge in [0.15, 0.2) is 11.6 Å². The van der Waals surface area contributed by atoms with Crippen LogP contribution >= 0.6 is 0 Å². The number of rotatable bonds is 10. The van der Waals surface area contributed by atoms with E-state index in [2.05, 4.69) is 10.00 Å². The molecule has 0 radical (unpaired) electrons. The van der Waals surface area contributed by atoms with Gasteiger partial charge in [-0.1, -0.05) is 42.5 Å². The van der Waals surface area contributed by atoms with Crippen molar-refractivity contribution < 1.29 is 19.0 Å². The summed E-state index contributed by atoms with van der Waals surface area (Å²) in [5, 5.41) is 14.6. The van der Waals surface area contributed by atoms with Crippen molar-refractivity contribution in [3.05, 3.63) is 66.0 Å². The number of aryl methyl sites for hydroxylation is 1. The minimum Gasteiger partial charge on any atom is -0.436 e. The number of para-hydroxylation sites is 1. The van der Waals surface area contributed by atoms with Gasteiger partial charge in [-0.05, 0) is 19.1 Å². The third-order valence-electron chi connectivity index (χ3n) is 4.69. The Morgan fingerprint density at radius 2 is 1.83 bits per heavy atom. The lowest BCUT2D eigenvalue weighted by Gasteiger charge is -2.24. The van der Waals surface area contributed by atoms with Gasteiger partial charge in [0.1, 0.15) is 5.69 Å². The quantitative estimate of drug-likeness (QED) is 0.547. The van der Waals surface area contributed by atoms with Gasteiger partial charge in [0, 0.05) is 39.4 Å². The molecule has 0 aliphatic rings. The fourth-order valence-corrected chi connectivity index (χ4v) is 3.33. The van der Waals surface area contributed by atoms with Gasteiger partial charge in [-0.15, -0.1) is 0 Å². The molecule has 0 saturated heterocycles. The van der Waals surface area contributed by atoms with Crippen molar-refractivity contribution in [2.24, 2.45) is 7.05 Å². The van der Waals surface area contributed by atoms with Gasteiger partial charge in [0.05, 0.1) is 18.3 Å². The zero-order chi connectivity index (χ0) is 21.5. The second kappa shape index (κ2) is 10.3. The number of methoxy groups -OCH3 is 1. The van der Waals surface area contributed by atoms with E-state index < -0.39 is 11.9 Å². The third kappa shape index (κ3) is 5.44. The van der Waals surface area contributed by atoms with Gasteiger partial charge in [-0.3, -0.25) is 4.90 Å². The second-order valence-corrected chi connectivity index (χ2v) is 7.23. The number of aromatic nitrogens is 2. The Balaban J connectivity index is 2.03. The highest BCUT2D eigenvalue weighted by molar-refractivity contribution is 5.65. The molecule has 0 aliphatic heterocycles. The van der Waals surface area contributed by atoms with E-state index >= 15 is 0 Å². The smallest absolute Gasteiger partial charge is 0.222 e. The minimum absolute atomic E-state index is 0.139. The van der Waals surface area contributed by atoms with Crippen molar-refractivity contribution >= 4 is 0 Å². The summed E-state index contributed by atoms with van der Waals surface area (Å²) in [5.41, 5.74) is 2.52. The van der Waals surface area contributed by atoms with E-state index in [1.165, 1.54) is 6.07 Å². The highest BCUT2D eigenvalue weighted by Gasteiger charge is 2.23. The van der Waals surface area contributed by atoms with Crippen molar-refractivity contribution in [2.45, 2.75) is 19.6 Å². The molecule has 0 spiro atoms. The standard InChI is InChI=1S/C23H28FN3O3/c1-17(28)15-27(13-14-29-3)16-19-22(18-9-5-4-6-10-18)25-26(2)23(19)30-21-12-8-7-11-20(21)24/h4-12,17,28H,13-16H2,1-3H3/t17-/m1/s1. The normalized spacial score (nSPS) is 12.3. The molecule has 0 aliphatic carbocycles. The summed E-state index contributed by atoms with van der Waals surface area (Å²) in [6, 6.07) is 16.1. The molecule has 0 amide bonds. The summed E-state index contributed by atoms with van der Waals surface area (Å²) >= 11 is 0. The fraction of sp³-hybridized carbons (Fsp3) is 0.348. The summed E-state index contributed by atoms with van der Waals surface area (Å²) in [7, 11) is 3.42. The first-order valence-corrected chi connectivity index (χ1v) is 9.92. The maximum atomic E-state index is 14.3. The van der Waals surface area contributed by atoms with Gasteiger partial charge in [0.2, 0.25) is 5.88 Å². The Morgan fingerprint density at radius 1 is 1.13 bits per heavy atom. The molecular formula is C23H28FN3O3. The van der Waals surface area contributed by atoms with Crippen LogP contribution in [0.4, 0.5) is 4.39 Å². The van der Waals surface area contributed by atoms with Crippen LogP contribution in [-0.2, 0) is 18.3 Å². The van der Waals surface area contributed by atoms with Crippen LogP contribution in [0.1, 0.15) is 12.5 Å². The topological polar surface area (TPSA) is 59.8 Å². The highest BCUT2D eigenvalue weighted by atomic mass is 19.1. The largest absolute Gasteiger partial charge is 0.436 e. The Bertz CT molecular complexity index is 944. The first-order valence-electron chi connectivity index (χ1n) is 9.92. The molecule has 160 valence electrons. The number of nitrogens with zero attached hydrogens (tertiary/aromatic N) is 3. The Kier molecular flexibility index (Phi) is 7.57. The molecule has 0 saturated carbocycles. The zero-order valence-corrected chi connectivity index (χ0v) is 17.6. The van der Waals surface area contributed by atoms with Gasteiger partial charge >= 0.3 is 0 Å². The SMILES string of the molecule is COCCN(Cc1c(-c2ccccc2)nn(C)c1Oc1ccccc1F)C[C@@H](C)O. The number of hydrogen-bond donors (Lipinski definition) is 1. The van der Waals surface area contributed by atoms with Crippen molar-refractivity contribution in [2.75, 3.05) is 26.8 Å². The first-order chi connectivity index (χ1) is 14.5.